The van der Waals surface area contributed by atoms with Gasteiger partial charge in [-0.2, -0.15) is 0 Å². The number of aromatic nitrogens is 1. The maximum atomic E-state index is 11.5. The van der Waals surface area contributed by atoms with Crippen LogP contribution in [0.3, 0.4) is 0 Å². The SMILES string of the molecule is Cc1cccc(N2CCC(NC(=O)[C@@H](C)N)CC2)n1.Cl.Cl. The summed E-state index contributed by atoms with van der Waals surface area (Å²) < 4.78 is 0. The third kappa shape index (κ3) is 5.69. The van der Waals surface area contributed by atoms with Crippen molar-refractivity contribution < 1.29 is 4.79 Å². The summed E-state index contributed by atoms with van der Waals surface area (Å²) in [6.45, 7) is 5.54. The fraction of sp³-hybridized carbons (Fsp3) is 0.571. The Bertz CT molecular complexity index is 448. The molecule has 1 amide bonds. The van der Waals surface area contributed by atoms with Crippen molar-refractivity contribution in [3.63, 3.8) is 0 Å². The van der Waals surface area contributed by atoms with Gasteiger partial charge in [0.05, 0.1) is 6.04 Å². The molecule has 2 rings (SSSR count). The highest BCUT2D eigenvalue weighted by Gasteiger charge is 2.22. The molecule has 2 heterocycles. The van der Waals surface area contributed by atoms with Crippen LogP contribution in [-0.4, -0.2) is 36.1 Å². The molecule has 0 bridgehead atoms. The number of nitrogens with two attached hydrogens (primary N) is 1. The van der Waals surface area contributed by atoms with Crippen LogP contribution in [0, 0.1) is 6.92 Å². The topological polar surface area (TPSA) is 71.2 Å². The van der Waals surface area contributed by atoms with Gasteiger partial charge in [-0.15, -0.1) is 24.8 Å². The molecule has 0 radical (unpaired) electrons. The van der Waals surface area contributed by atoms with Crippen molar-refractivity contribution in [2.45, 2.75) is 38.8 Å². The highest BCUT2D eigenvalue weighted by Crippen LogP contribution is 2.18. The fourth-order valence-electron chi connectivity index (χ4n) is 2.29. The number of aryl methyl sites for hydroxylation is 1. The van der Waals surface area contributed by atoms with E-state index in [4.69, 9.17) is 5.73 Å². The zero-order valence-corrected chi connectivity index (χ0v) is 14.0. The third-order valence-corrected chi connectivity index (χ3v) is 3.45. The lowest BCUT2D eigenvalue weighted by molar-refractivity contribution is -0.122. The molecule has 0 spiro atoms. The Morgan fingerprint density at radius 2 is 2.00 bits per heavy atom. The van der Waals surface area contributed by atoms with Gasteiger partial charge in [-0.05, 0) is 38.8 Å². The summed E-state index contributed by atoms with van der Waals surface area (Å²) in [7, 11) is 0. The number of carbonyl (C=O) groups is 1. The van der Waals surface area contributed by atoms with Crippen molar-refractivity contribution in [1.82, 2.24) is 10.3 Å². The number of rotatable bonds is 3. The van der Waals surface area contributed by atoms with Crippen molar-refractivity contribution in [1.29, 1.82) is 0 Å². The van der Waals surface area contributed by atoms with Gasteiger partial charge in [-0.1, -0.05) is 6.07 Å². The van der Waals surface area contributed by atoms with Gasteiger partial charge < -0.3 is 16.0 Å². The number of nitrogens with zero attached hydrogens (tertiary/aromatic N) is 2. The van der Waals surface area contributed by atoms with E-state index in [0.29, 0.717) is 0 Å². The molecule has 3 N–H and O–H groups in total. The predicted octanol–water partition coefficient (Wildman–Crippen LogP) is 1.67. The molecule has 120 valence electrons. The smallest absolute Gasteiger partial charge is 0.236 e. The number of piperidine rings is 1. The quantitative estimate of drug-likeness (QED) is 0.881. The molecule has 0 aromatic carbocycles. The number of hydrogen-bond acceptors (Lipinski definition) is 4. The van der Waals surface area contributed by atoms with E-state index in [1.807, 2.05) is 25.1 Å². The van der Waals surface area contributed by atoms with Crippen LogP contribution >= 0.6 is 24.8 Å². The molecule has 0 saturated carbocycles. The van der Waals surface area contributed by atoms with E-state index in [0.717, 1.165) is 37.4 Å². The molecule has 0 unspecified atom stereocenters. The van der Waals surface area contributed by atoms with Crippen LogP contribution in [0.1, 0.15) is 25.5 Å². The number of hydrogen-bond donors (Lipinski definition) is 2. The van der Waals surface area contributed by atoms with Gasteiger partial charge >= 0.3 is 0 Å². The standard InChI is InChI=1S/C14H22N4O.2ClH/c1-10-4-3-5-13(16-10)18-8-6-12(7-9-18)17-14(19)11(2)15;;/h3-5,11-12H,6-9,15H2,1-2H3,(H,17,19);2*1H/t11-;;/m1../s1. The second-order valence-corrected chi connectivity index (χ2v) is 5.20. The summed E-state index contributed by atoms with van der Waals surface area (Å²) in [5.41, 5.74) is 6.59. The van der Waals surface area contributed by atoms with Crippen LogP contribution in [-0.2, 0) is 4.79 Å². The highest BCUT2D eigenvalue weighted by molar-refractivity contribution is 5.85. The van der Waals surface area contributed by atoms with Crippen LogP contribution in [0.5, 0.6) is 0 Å². The second-order valence-electron chi connectivity index (χ2n) is 5.20. The molecule has 5 nitrogen and oxygen atoms in total. The van der Waals surface area contributed by atoms with Gasteiger partial charge in [-0.25, -0.2) is 4.98 Å². The Morgan fingerprint density at radius 1 is 1.38 bits per heavy atom. The molecule has 0 aliphatic carbocycles. The zero-order chi connectivity index (χ0) is 13.8. The summed E-state index contributed by atoms with van der Waals surface area (Å²) >= 11 is 0. The summed E-state index contributed by atoms with van der Waals surface area (Å²) in [5.74, 6) is 0.962. The zero-order valence-electron chi connectivity index (χ0n) is 12.4. The Kier molecular flexibility index (Phi) is 8.63. The van der Waals surface area contributed by atoms with Crippen LogP contribution in [0.15, 0.2) is 18.2 Å². The van der Waals surface area contributed by atoms with Gasteiger partial charge in [0.1, 0.15) is 5.82 Å². The molecule has 1 aromatic heterocycles. The minimum Gasteiger partial charge on any atom is -0.356 e. The van der Waals surface area contributed by atoms with E-state index in [1.165, 1.54) is 0 Å². The van der Waals surface area contributed by atoms with E-state index in [2.05, 4.69) is 15.2 Å². The molecular formula is C14H24Cl2N4O. The van der Waals surface area contributed by atoms with E-state index < -0.39 is 6.04 Å². The van der Waals surface area contributed by atoms with Crippen molar-refractivity contribution in [3.8, 4) is 0 Å². The second kappa shape index (κ2) is 9.07. The van der Waals surface area contributed by atoms with Gasteiger partial charge in [0, 0.05) is 24.8 Å². The maximum Gasteiger partial charge on any atom is 0.236 e. The molecule has 21 heavy (non-hydrogen) atoms. The van der Waals surface area contributed by atoms with E-state index in [-0.39, 0.29) is 36.8 Å². The van der Waals surface area contributed by atoms with Crippen LogP contribution in [0.4, 0.5) is 5.82 Å². The normalized spacial score (nSPS) is 16.4. The number of pyridine rings is 1. The first kappa shape index (κ1) is 20.0. The van der Waals surface area contributed by atoms with E-state index >= 15 is 0 Å². The molecule has 7 heteroatoms. The first-order valence-corrected chi connectivity index (χ1v) is 6.81. The van der Waals surface area contributed by atoms with Gasteiger partial charge in [0.15, 0.2) is 0 Å². The first-order chi connectivity index (χ1) is 9.06. The number of halogens is 2. The number of amides is 1. The van der Waals surface area contributed by atoms with Gasteiger partial charge in [0.25, 0.3) is 0 Å². The monoisotopic (exact) mass is 334 g/mol. The molecule has 1 saturated heterocycles. The lowest BCUT2D eigenvalue weighted by Gasteiger charge is -2.33. The summed E-state index contributed by atoms with van der Waals surface area (Å²) in [6, 6.07) is 5.87. The fourth-order valence-corrected chi connectivity index (χ4v) is 2.29. The predicted molar refractivity (Wildman–Crippen MR) is 90.5 cm³/mol. The number of nitrogens with one attached hydrogen (secondary N) is 1. The van der Waals surface area contributed by atoms with Crippen molar-refractivity contribution >= 4 is 36.5 Å². The van der Waals surface area contributed by atoms with Crippen LogP contribution in [0.2, 0.25) is 0 Å². The molecule has 1 aliphatic rings. The van der Waals surface area contributed by atoms with Gasteiger partial charge in [0.2, 0.25) is 5.91 Å². The van der Waals surface area contributed by atoms with Crippen LogP contribution < -0.4 is 16.0 Å². The van der Waals surface area contributed by atoms with Crippen molar-refractivity contribution in [2.75, 3.05) is 18.0 Å². The van der Waals surface area contributed by atoms with Crippen molar-refractivity contribution in [2.24, 2.45) is 5.73 Å². The summed E-state index contributed by atoms with van der Waals surface area (Å²) in [4.78, 5) is 18.3. The van der Waals surface area contributed by atoms with Crippen molar-refractivity contribution in [3.05, 3.63) is 23.9 Å². The summed E-state index contributed by atoms with van der Waals surface area (Å²) in [5, 5.41) is 2.99. The van der Waals surface area contributed by atoms with Crippen LogP contribution in [0.25, 0.3) is 0 Å². The minimum atomic E-state index is -0.434. The molecule has 1 atom stereocenters. The lowest BCUT2D eigenvalue weighted by atomic mass is 10.0. The highest BCUT2D eigenvalue weighted by atomic mass is 35.5. The average molecular weight is 335 g/mol. The molecule has 1 fully saturated rings. The Labute approximate surface area is 138 Å². The summed E-state index contributed by atoms with van der Waals surface area (Å²) in [6.07, 6.45) is 1.88. The number of carbonyl (C=O) groups excluding carboxylic acids is 1. The molecule has 1 aromatic rings. The maximum absolute atomic E-state index is 11.5. The number of anilines is 1. The molecular weight excluding hydrogens is 311 g/mol. The largest absolute Gasteiger partial charge is 0.356 e. The first-order valence-electron chi connectivity index (χ1n) is 6.81. The molecule has 1 aliphatic heterocycles. The Balaban J connectivity index is 0.00000200. The average Bonchev–Trinajstić information content (AvgIpc) is 2.39. The van der Waals surface area contributed by atoms with E-state index in [9.17, 15) is 4.79 Å². The lowest BCUT2D eigenvalue weighted by Crippen LogP contribution is -2.49. The third-order valence-electron chi connectivity index (χ3n) is 3.45. The van der Waals surface area contributed by atoms with Gasteiger partial charge in [-0.3, -0.25) is 4.79 Å². The Morgan fingerprint density at radius 3 is 2.52 bits per heavy atom. The Hall–Kier alpha value is -1.04. The minimum absolute atomic E-state index is 0. The van der Waals surface area contributed by atoms with E-state index in [1.54, 1.807) is 6.92 Å².